The Labute approximate surface area is 179 Å². The molecule has 1 amide bonds. The van der Waals surface area contributed by atoms with Gasteiger partial charge in [-0.05, 0) is 39.0 Å². The standard InChI is InChI=1S/C18H23ClN4O4S2/c1-11-17(13(3)27-21-11)29(25,26)22-12(2)18(24)20-14-4-5-16(15(19)10-14)23-6-8-28-9-7-23/h4-5,10,12,22H,6-9H2,1-3H3,(H,20,24)/t12-/m0/s1. The molecule has 0 spiro atoms. The number of nitrogens with zero attached hydrogens (tertiary/aromatic N) is 2. The average Bonchev–Trinajstić information content (AvgIpc) is 3.01. The van der Waals surface area contributed by atoms with Gasteiger partial charge in [-0.1, -0.05) is 16.8 Å². The third-order valence-electron chi connectivity index (χ3n) is 4.53. The van der Waals surface area contributed by atoms with Gasteiger partial charge in [0.2, 0.25) is 15.9 Å². The lowest BCUT2D eigenvalue weighted by Crippen LogP contribution is -2.41. The van der Waals surface area contributed by atoms with Crippen LogP contribution in [0.2, 0.25) is 5.02 Å². The van der Waals surface area contributed by atoms with Crippen molar-refractivity contribution in [1.82, 2.24) is 9.88 Å². The van der Waals surface area contributed by atoms with Crippen molar-refractivity contribution in [1.29, 1.82) is 0 Å². The minimum atomic E-state index is -3.95. The van der Waals surface area contributed by atoms with Crippen LogP contribution in [-0.4, -0.2) is 50.1 Å². The number of thioether (sulfide) groups is 1. The summed E-state index contributed by atoms with van der Waals surface area (Å²) in [6, 6.07) is 4.29. The highest BCUT2D eigenvalue weighted by Crippen LogP contribution is 2.30. The maximum Gasteiger partial charge on any atom is 0.246 e. The molecule has 1 aliphatic heterocycles. The van der Waals surface area contributed by atoms with E-state index in [-0.39, 0.29) is 16.3 Å². The van der Waals surface area contributed by atoms with Gasteiger partial charge in [-0.3, -0.25) is 4.79 Å². The number of carbonyl (C=O) groups excluding carboxylic acids is 1. The van der Waals surface area contributed by atoms with E-state index in [1.807, 2.05) is 17.8 Å². The fourth-order valence-corrected chi connectivity index (χ4v) is 5.83. The zero-order valence-corrected chi connectivity index (χ0v) is 18.7. The summed E-state index contributed by atoms with van der Waals surface area (Å²) < 4.78 is 32.4. The number of rotatable bonds is 6. The van der Waals surface area contributed by atoms with Crippen LogP contribution in [-0.2, 0) is 14.8 Å². The molecule has 0 unspecified atom stereocenters. The van der Waals surface area contributed by atoms with Gasteiger partial charge in [-0.25, -0.2) is 8.42 Å². The molecule has 11 heteroatoms. The Morgan fingerprint density at radius 3 is 2.59 bits per heavy atom. The number of hydrogen-bond acceptors (Lipinski definition) is 7. The molecule has 1 atom stereocenters. The van der Waals surface area contributed by atoms with Gasteiger partial charge in [-0.15, -0.1) is 0 Å². The van der Waals surface area contributed by atoms with E-state index in [2.05, 4.69) is 20.1 Å². The molecule has 2 aromatic rings. The van der Waals surface area contributed by atoms with Crippen molar-refractivity contribution in [3.63, 3.8) is 0 Å². The monoisotopic (exact) mass is 458 g/mol. The van der Waals surface area contributed by atoms with E-state index < -0.39 is 22.0 Å². The second-order valence-electron chi connectivity index (χ2n) is 6.75. The fourth-order valence-electron chi connectivity index (χ4n) is 3.10. The molecule has 0 bridgehead atoms. The second kappa shape index (κ2) is 8.95. The normalized spacial score (nSPS) is 15.9. The molecular formula is C18H23ClN4O4S2. The van der Waals surface area contributed by atoms with E-state index >= 15 is 0 Å². The largest absolute Gasteiger partial charge is 0.369 e. The number of hydrogen-bond donors (Lipinski definition) is 2. The van der Waals surface area contributed by atoms with Crippen LogP contribution in [0, 0.1) is 13.8 Å². The van der Waals surface area contributed by atoms with E-state index in [1.54, 1.807) is 12.1 Å². The Kier molecular flexibility index (Phi) is 6.77. The summed E-state index contributed by atoms with van der Waals surface area (Å²) in [6.07, 6.45) is 0. The molecule has 1 saturated heterocycles. The lowest BCUT2D eigenvalue weighted by Gasteiger charge is -2.29. The van der Waals surface area contributed by atoms with Crippen molar-refractivity contribution >= 4 is 50.7 Å². The zero-order valence-electron chi connectivity index (χ0n) is 16.4. The summed E-state index contributed by atoms with van der Waals surface area (Å²) in [4.78, 5) is 14.7. The smallest absolute Gasteiger partial charge is 0.246 e. The topological polar surface area (TPSA) is 105 Å². The van der Waals surface area contributed by atoms with Crippen LogP contribution in [0.5, 0.6) is 0 Å². The third kappa shape index (κ3) is 5.06. The number of halogens is 1. The van der Waals surface area contributed by atoms with Gasteiger partial charge in [0.25, 0.3) is 0 Å². The molecular weight excluding hydrogens is 436 g/mol. The van der Waals surface area contributed by atoms with Gasteiger partial charge >= 0.3 is 0 Å². The maximum absolute atomic E-state index is 12.6. The van der Waals surface area contributed by atoms with Gasteiger partial charge in [0.1, 0.15) is 10.6 Å². The molecule has 2 heterocycles. The van der Waals surface area contributed by atoms with E-state index in [9.17, 15) is 13.2 Å². The van der Waals surface area contributed by atoms with Crippen LogP contribution in [0.25, 0.3) is 0 Å². The molecule has 158 valence electrons. The molecule has 1 fully saturated rings. The number of sulfonamides is 1. The van der Waals surface area contributed by atoms with Crippen LogP contribution in [0.4, 0.5) is 11.4 Å². The first-order chi connectivity index (χ1) is 13.7. The van der Waals surface area contributed by atoms with Gasteiger partial charge in [-0.2, -0.15) is 16.5 Å². The van der Waals surface area contributed by atoms with Gasteiger partial charge in [0.05, 0.1) is 16.8 Å². The lowest BCUT2D eigenvalue weighted by molar-refractivity contribution is -0.117. The molecule has 8 nitrogen and oxygen atoms in total. The number of aryl methyl sites for hydroxylation is 2. The number of nitrogens with one attached hydrogen (secondary N) is 2. The van der Waals surface area contributed by atoms with Crippen molar-refractivity contribution in [2.24, 2.45) is 0 Å². The summed E-state index contributed by atoms with van der Waals surface area (Å²) >= 11 is 8.32. The highest BCUT2D eigenvalue weighted by molar-refractivity contribution is 7.99. The molecule has 29 heavy (non-hydrogen) atoms. The fraction of sp³-hybridized carbons (Fsp3) is 0.444. The van der Waals surface area contributed by atoms with Crippen LogP contribution >= 0.6 is 23.4 Å². The summed E-state index contributed by atoms with van der Waals surface area (Å²) in [5.74, 6) is 1.77. The van der Waals surface area contributed by atoms with E-state index in [4.69, 9.17) is 16.1 Å². The second-order valence-corrected chi connectivity index (χ2v) is 10.0. The maximum atomic E-state index is 12.6. The number of benzene rings is 1. The van der Waals surface area contributed by atoms with Crippen molar-refractivity contribution < 1.29 is 17.7 Å². The molecule has 1 aromatic carbocycles. The average molecular weight is 459 g/mol. The predicted octanol–water partition coefficient (Wildman–Crippen LogP) is 2.80. The van der Waals surface area contributed by atoms with Crippen LogP contribution < -0.4 is 14.9 Å². The van der Waals surface area contributed by atoms with Crippen LogP contribution in [0.3, 0.4) is 0 Å². The first kappa shape index (κ1) is 21.9. The number of anilines is 2. The Hall–Kier alpha value is -1.75. The van der Waals surface area contributed by atoms with Crippen molar-refractivity contribution in [3.8, 4) is 0 Å². The predicted molar refractivity (Wildman–Crippen MR) is 115 cm³/mol. The van der Waals surface area contributed by atoms with Crippen molar-refractivity contribution in [2.45, 2.75) is 31.7 Å². The molecule has 3 rings (SSSR count). The molecule has 1 aromatic heterocycles. The Morgan fingerprint density at radius 1 is 1.31 bits per heavy atom. The summed E-state index contributed by atoms with van der Waals surface area (Å²) in [5, 5.41) is 6.88. The first-order valence-corrected chi connectivity index (χ1v) is 12.1. The Bertz CT molecular complexity index is 984. The van der Waals surface area contributed by atoms with Crippen LogP contribution in [0.15, 0.2) is 27.6 Å². The number of carbonyl (C=O) groups is 1. The Balaban J connectivity index is 1.67. The van der Waals surface area contributed by atoms with Crippen molar-refractivity contribution in [2.75, 3.05) is 34.8 Å². The van der Waals surface area contributed by atoms with E-state index in [1.165, 1.54) is 20.8 Å². The van der Waals surface area contributed by atoms with Crippen LogP contribution in [0.1, 0.15) is 18.4 Å². The Morgan fingerprint density at radius 2 is 2.00 bits per heavy atom. The zero-order chi connectivity index (χ0) is 21.2. The molecule has 1 aliphatic rings. The highest BCUT2D eigenvalue weighted by Gasteiger charge is 2.28. The minimum absolute atomic E-state index is 0.0516. The molecule has 2 N–H and O–H groups in total. The molecule has 0 saturated carbocycles. The lowest BCUT2D eigenvalue weighted by atomic mass is 10.2. The summed E-state index contributed by atoms with van der Waals surface area (Å²) in [6.45, 7) is 6.35. The number of aromatic nitrogens is 1. The SMILES string of the molecule is Cc1noc(C)c1S(=O)(=O)N[C@@H](C)C(=O)Nc1ccc(N2CCSCC2)c(Cl)c1. The quantitative estimate of drug-likeness (QED) is 0.685. The van der Waals surface area contributed by atoms with Gasteiger partial charge in [0, 0.05) is 30.3 Å². The first-order valence-electron chi connectivity index (χ1n) is 9.07. The minimum Gasteiger partial charge on any atom is -0.369 e. The highest BCUT2D eigenvalue weighted by atomic mass is 35.5. The van der Waals surface area contributed by atoms with E-state index in [0.717, 1.165) is 30.3 Å². The van der Waals surface area contributed by atoms with E-state index in [0.29, 0.717) is 10.7 Å². The third-order valence-corrected chi connectivity index (χ3v) is 7.56. The summed E-state index contributed by atoms with van der Waals surface area (Å²) in [7, 11) is -3.95. The van der Waals surface area contributed by atoms with Gasteiger partial charge in [0.15, 0.2) is 5.76 Å². The van der Waals surface area contributed by atoms with Crippen molar-refractivity contribution in [3.05, 3.63) is 34.7 Å². The molecule has 0 aliphatic carbocycles. The number of amides is 1. The summed E-state index contributed by atoms with van der Waals surface area (Å²) in [5.41, 5.74) is 1.66. The molecule has 0 radical (unpaired) electrons. The van der Waals surface area contributed by atoms with Gasteiger partial charge < -0.3 is 14.7 Å².